The summed E-state index contributed by atoms with van der Waals surface area (Å²) in [5.74, 6) is 0.478. The molecule has 0 aromatic heterocycles. The average Bonchev–Trinajstić information content (AvgIpc) is 2.79. The number of hydrogen-bond acceptors (Lipinski definition) is 4. The van der Waals surface area contributed by atoms with Crippen LogP contribution in [0.5, 0.6) is 0 Å². The van der Waals surface area contributed by atoms with Gasteiger partial charge in [-0.15, -0.1) is 0 Å². The standard InChI is InChI=1S/C25H35N3O3S/c1-4-28(5-2)32(30,31)24-10-6-9-23(16-24)25(29)26-17-21-11-13-22(14-12-21)19-27-15-7-8-20(3)18-27/h6,9-14,16,20H,4-5,7-8,15,17-19H2,1-3H3,(H,26,29). The van der Waals surface area contributed by atoms with Gasteiger partial charge in [-0.3, -0.25) is 9.69 Å². The Balaban J connectivity index is 1.59. The molecule has 1 heterocycles. The van der Waals surface area contributed by atoms with Gasteiger partial charge < -0.3 is 5.32 Å². The third-order valence-electron chi connectivity index (χ3n) is 6.06. The molecule has 0 radical (unpaired) electrons. The van der Waals surface area contributed by atoms with Crippen molar-refractivity contribution in [3.63, 3.8) is 0 Å². The molecule has 0 aliphatic carbocycles. The number of amides is 1. The van der Waals surface area contributed by atoms with Gasteiger partial charge >= 0.3 is 0 Å². The number of benzene rings is 2. The molecule has 1 atom stereocenters. The van der Waals surface area contributed by atoms with Gasteiger partial charge in [-0.25, -0.2) is 8.42 Å². The van der Waals surface area contributed by atoms with E-state index >= 15 is 0 Å². The Kier molecular flexibility index (Phi) is 8.45. The molecule has 1 unspecified atom stereocenters. The summed E-state index contributed by atoms with van der Waals surface area (Å²) in [7, 11) is -3.60. The van der Waals surface area contributed by atoms with E-state index in [0.29, 0.717) is 25.2 Å². The zero-order valence-electron chi connectivity index (χ0n) is 19.4. The Labute approximate surface area is 192 Å². The maximum absolute atomic E-state index is 12.7. The highest BCUT2D eigenvalue weighted by Crippen LogP contribution is 2.19. The molecule has 174 valence electrons. The van der Waals surface area contributed by atoms with E-state index in [1.165, 1.54) is 34.8 Å². The van der Waals surface area contributed by atoms with Crippen molar-refractivity contribution in [2.75, 3.05) is 26.2 Å². The number of nitrogens with zero attached hydrogens (tertiary/aromatic N) is 2. The van der Waals surface area contributed by atoms with E-state index in [1.54, 1.807) is 26.0 Å². The van der Waals surface area contributed by atoms with Crippen LogP contribution >= 0.6 is 0 Å². The van der Waals surface area contributed by atoms with Gasteiger partial charge in [-0.2, -0.15) is 4.31 Å². The number of nitrogens with one attached hydrogen (secondary N) is 1. The van der Waals surface area contributed by atoms with Gasteiger partial charge in [0.25, 0.3) is 5.91 Å². The van der Waals surface area contributed by atoms with Crippen molar-refractivity contribution >= 4 is 15.9 Å². The van der Waals surface area contributed by atoms with Crippen molar-refractivity contribution in [3.8, 4) is 0 Å². The van der Waals surface area contributed by atoms with Crippen molar-refractivity contribution in [1.29, 1.82) is 0 Å². The van der Waals surface area contributed by atoms with Crippen molar-refractivity contribution in [2.45, 2.75) is 51.6 Å². The lowest BCUT2D eigenvalue weighted by Crippen LogP contribution is -2.33. The average molecular weight is 458 g/mol. The van der Waals surface area contributed by atoms with Gasteiger partial charge in [-0.05, 0) is 54.6 Å². The van der Waals surface area contributed by atoms with Crippen molar-refractivity contribution in [3.05, 3.63) is 65.2 Å². The fraction of sp³-hybridized carbons (Fsp3) is 0.480. The van der Waals surface area contributed by atoms with E-state index in [1.807, 2.05) is 12.1 Å². The molecular formula is C25H35N3O3S. The second kappa shape index (κ2) is 11.1. The first-order chi connectivity index (χ1) is 15.3. The van der Waals surface area contributed by atoms with Crippen LogP contribution < -0.4 is 5.32 Å². The Bertz CT molecular complexity index is 1000. The van der Waals surface area contributed by atoms with Gasteiger partial charge in [0.15, 0.2) is 0 Å². The molecule has 1 N–H and O–H groups in total. The van der Waals surface area contributed by atoms with Crippen molar-refractivity contribution in [1.82, 2.24) is 14.5 Å². The lowest BCUT2D eigenvalue weighted by molar-refractivity contribution is 0.0950. The number of piperidine rings is 1. The van der Waals surface area contributed by atoms with E-state index in [2.05, 4.69) is 29.3 Å². The number of carbonyl (C=O) groups is 1. The first kappa shape index (κ1) is 24.4. The van der Waals surface area contributed by atoms with E-state index < -0.39 is 10.0 Å². The molecule has 2 aromatic carbocycles. The monoisotopic (exact) mass is 457 g/mol. The summed E-state index contributed by atoms with van der Waals surface area (Å²) in [6.07, 6.45) is 2.59. The second-order valence-electron chi connectivity index (χ2n) is 8.60. The van der Waals surface area contributed by atoms with Gasteiger partial charge in [0, 0.05) is 38.3 Å². The lowest BCUT2D eigenvalue weighted by Gasteiger charge is -2.30. The summed E-state index contributed by atoms with van der Waals surface area (Å²) in [5.41, 5.74) is 2.64. The molecular weight excluding hydrogens is 422 g/mol. The van der Waals surface area contributed by atoms with Crippen LogP contribution in [0.4, 0.5) is 0 Å². The fourth-order valence-electron chi connectivity index (χ4n) is 4.25. The van der Waals surface area contributed by atoms with Gasteiger partial charge in [0.1, 0.15) is 0 Å². The third-order valence-corrected chi connectivity index (χ3v) is 8.11. The zero-order valence-corrected chi connectivity index (χ0v) is 20.2. The van der Waals surface area contributed by atoms with Gasteiger partial charge in [0.2, 0.25) is 10.0 Å². The highest BCUT2D eigenvalue weighted by Gasteiger charge is 2.22. The maximum atomic E-state index is 12.7. The number of sulfonamides is 1. The summed E-state index contributed by atoms with van der Waals surface area (Å²) in [6.45, 7) is 10.4. The Morgan fingerprint density at radius 2 is 1.78 bits per heavy atom. The maximum Gasteiger partial charge on any atom is 0.251 e. The minimum Gasteiger partial charge on any atom is -0.348 e. The number of hydrogen-bond donors (Lipinski definition) is 1. The SMILES string of the molecule is CCN(CC)S(=O)(=O)c1cccc(C(=O)NCc2ccc(CN3CCCC(C)C3)cc2)c1. The smallest absolute Gasteiger partial charge is 0.251 e. The molecule has 1 fully saturated rings. The molecule has 1 aliphatic rings. The topological polar surface area (TPSA) is 69.7 Å². The number of likely N-dealkylation sites (tertiary alicyclic amines) is 1. The molecule has 3 rings (SSSR count). The minimum absolute atomic E-state index is 0.144. The van der Waals surface area contributed by atoms with E-state index in [-0.39, 0.29) is 10.8 Å². The molecule has 0 spiro atoms. The molecule has 32 heavy (non-hydrogen) atoms. The quantitative estimate of drug-likeness (QED) is 0.620. The summed E-state index contributed by atoms with van der Waals surface area (Å²) in [5, 5.41) is 2.90. The molecule has 0 bridgehead atoms. The Morgan fingerprint density at radius 3 is 2.44 bits per heavy atom. The summed E-state index contributed by atoms with van der Waals surface area (Å²) in [6, 6.07) is 14.6. The number of rotatable bonds is 9. The van der Waals surface area contributed by atoms with Crippen LogP contribution in [0.3, 0.4) is 0 Å². The second-order valence-corrected chi connectivity index (χ2v) is 10.5. The predicted molar refractivity (Wildman–Crippen MR) is 128 cm³/mol. The highest BCUT2D eigenvalue weighted by molar-refractivity contribution is 7.89. The van der Waals surface area contributed by atoms with E-state index in [4.69, 9.17) is 0 Å². The van der Waals surface area contributed by atoms with Crippen LogP contribution in [0.2, 0.25) is 0 Å². The largest absolute Gasteiger partial charge is 0.348 e. The molecule has 1 aliphatic heterocycles. The lowest BCUT2D eigenvalue weighted by atomic mass is 9.99. The summed E-state index contributed by atoms with van der Waals surface area (Å²) < 4.78 is 26.8. The first-order valence-corrected chi connectivity index (χ1v) is 13.0. The zero-order chi connectivity index (χ0) is 23.1. The van der Waals surface area contributed by atoms with E-state index in [0.717, 1.165) is 31.1 Å². The summed E-state index contributed by atoms with van der Waals surface area (Å²) >= 11 is 0. The minimum atomic E-state index is -3.60. The summed E-state index contributed by atoms with van der Waals surface area (Å²) in [4.78, 5) is 15.3. The van der Waals surface area contributed by atoms with Crippen LogP contribution in [0.1, 0.15) is 55.1 Å². The molecule has 6 nitrogen and oxygen atoms in total. The normalized spacial score (nSPS) is 17.4. The van der Waals surface area contributed by atoms with Gasteiger partial charge in [-0.1, -0.05) is 51.1 Å². The Hall–Kier alpha value is -2.22. The predicted octanol–water partition coefficient (Wildman–Crippen LogP) is 3.88. The van der Waals surface area contributed by atoms with E-state index in [9.17, 15) is 13.2 Å². The van der Waals surface area contributed by atoms with Crippen LogP contribution in [0, 0.1) is 5.92 Å². The Morgan fingerprint density at radius 1 is 1.09 bits per heavy atom. The first-order valence-electron chi connectivity index (χ1n) is 11.5. The molecule has 7 heteroatoms. The van der Waals surface area contributed by atoms with Crippen molar-refractivity contribution in [2.24, 2.45) is 5.92 Å². The van der Waals surface area contributed by atoms with Crippen LogP contribution in [-0.4, -0.2) is 49.7 Å². The van der Waals surface area contributed by atoms with Gasteiger partial charge in [0.05, 0.1) is 4.90 Å². The third kappa shape index (κ3) is 6.18. The molecule has 0 saturated carbocycles. The van der Waals surface area contributed by atoms with Crippen LogP contribution in [-0.2, 0) is 23.1 Å². The molecule has 1 amide bonds. The van der Waals surface area contributed by atoms with Crippen LogP contribution in [0.15, 0.2) is 53.4 Å². The highest BCUT2D eigenvalue weighted by atomic mass is 32.2. The molecule has 2 aromatic rings. The van der Waals surface area contributed by atoms with Crippen molar-refractivity contribution < 1.29 is 13.2 Å². The molecule has 1 saturated heterocycles. The number of carbonyl (C=O) groups excluding carboxylic acids is 1. The fourth-order valence-corrected chi connectivity index (χ4v) is 5.75. The van der Waals surface area contributed by atoms with Crippen LogP contribution in [0.25, 0.3) is 0 Å².